The number of carbonyl (C=O) groups is 2. The largest absolute Gasteiger partial charge is 0.332 e. The topological polar surface area (TPSA) is 53.9 Å². The van der Waals surface area contributed by atoms with Crippen LogP contribution in [0.3, 0.4) is 0 Å². The molecule has 1 aromatic rings. The number of halogens is 2. The van der Waals surface area contributed by atoms with Crippen LogP contribution >= 0.6 is 11.6 Å². The number of hydrogen-bond acceptors (Lipinski definition) is 2. The van der Waals surface area contributed by atoms with Crippen LogP contribution in [0.2, 0.25) is 5.02 Å². The Morgan fingerprint density at radius 1 is 1.36 bits per heavy atom. The lowest BCUT2D eigenvalue weighted by Crippen LogP contribution is -3.19. The molecule has 0 saturated carbocycles. The standard InChI is InChI=1S/C15H19ClFN3O2/c1-10(19-5-7-20(8-6-19)11(2)21)15(22)18-14-4-3-12(17)9-13(14)16/h3-4,9-10H,5-8H2,1-2H3,(H,18,22)/p+1/t10-/m1/s1. The summed E-state index contributed by atoms with van der Waals surface area (Å²) in [5.74, 6) is -0.545. The molecule has 5 nitrogen and oxygen atoms in total. The Morgan fingerprint density at radius 2 is 2.00 bits per heavy atom. The molecule has 0 bridgehead atoms. The Labute approximate surface area is 134 Å². The van der Waals surface area contributed by atoms with E-state index in [1.54, 1.807) is 11.8 Å². The van der Waals surface area contributed by atoms with Crippen molar-refractivity contribution < 1.29 is 18.9 Å². The van der Waals surface area contributed by atoms with E-state index in [0.29, 0.717) is 18.8 Å². The first-order valence-corrected chi connectivity index (χ1v) is 7.62. The molecule has 0 radical (unpaired) electrons. The SMILES string of the molecule is CC(=O)N1CC[NH+]([C@H](C)C(=O)Nc2ccc(F)cc2Cl)CC1. The lowest BCUT2D eigenvalue weighted by molar-refractivity contribution is -0.917. The first-order chi connectivity index (χ1) is 10.4. The normalized spacial score (nSPS) is 17.2. The number of rotatable bonds is 3. The Balaban J connectivity index is 1.94. The monoisotopic (exact) mass is 328 g/mol. The molecule has 2 amide bonds. The third-order valence-corrected chi connectivity index (χ3v) is 4.36. The molecule has 0 aromatic heterocycles. The summed E-state index contributed by atoms with van der Waals surface area (Å²) in [5.41, 5.74) is 0.404. The zero-order valence-corrected chi connectivity index (χ0v) is 13.4. The van der Waals surface area contributed by atoms with Crippen LogP contribution in [0.15, 0.2) is 18.2 Å². The number of amides is 2. The zero-order valence-electron chi connectivity index (χ0n) is 12.7. The third kappa shape index (κ3) is 3.96. The first kappa shape index (κ1) is 16.7. The average molecular weight is 329 g/mol. The zero-order chi connectivity index (χ0) is 16.3. The van der Waals surface area contributed by atoms with Gasteiger partial charge in [0.15, 0.2) is 6.04 Å². The molecule has 1 aliphatic heterocycles. The van der Waals surface area contributed by atoms with E-state index in [0.717, 1.165) is 18.0 Å². The fraction of sp³-hybridized carbons (Fsp3) is 0.467. The van der Waals surface area contributed by atoms with Gasteiger partial charge in [-0.2, -0.15) is 0 Å². The van der Waals surface area contributed by atoms with E-state index < -0.39 is 5.82 Å². The molecular formula is C15H20ClFN3O2+. The highest BCUT2D eigenvalue weighted by molar-refractivity contribution is 6.33. The smallest absolute Gasteiger partial charge is 0.282 e. The van der Waals surface area contributed by atoms with Crippen molar-refractivity contribution in [3.8, 4) is 0 Å². The highest BCUT2D eigenvalue weighted by atomic mass is 35.5. The summed E-state index contributed by atoms with van der Waals surface area (Å²) in [5, 5.41) is 2.91. The molecule has 0 spiro atoms. The molecule has 0 aliphatic carbocycles. The number of nitrogens with zero attached hydrogens (tertiary/aromatic N) is 1. The fourth-order valence-corrected chi connectivity index (χ4v) is 2.77. The highest BCUT2D eigenvalue weighted by Gasteiger charge is 2.30. The number of nitrogens with one attached hydrogen (secondary N) is 2. The van der Waals surface area contributed by atoms with Gasteiger partial charge in [-0.05, 0) is 25.1 Å². The molecular weight excluding hydrogens is 309 g/mol. The number of benzene rings is 1. The van der Waals surface area contributed by atoms with Crippen LogP contribution in [-0.4, -0.2) is 48.9 Å². The van der Waals surface area contributed by atoms with Crippen LogP contribution in [0, 0.1) is 5.82 Å². The van der Waals surface area contributed by atoms with E-state index in [1.165, 1.54) is 18.2 Å². The van der Waals surface area contributed by atoms with E-state index in [9.17, 15) is 14.0 Å². The number of anilines is 1. The van der Waals surface area contributed by atoms with Crippen molar-refractivity contribution in [3.05, 3.63) is 29.0 Å². The van der Waals surface area contributed by atoms with Gasteiger partial charge >= 0.3 is 0 Å². The summed E-state index contributed by atoms with van der Waals surface area (Å²) in [6, 6.07) is 3.60. The van der Waals surface area contributed by atoms with Gasteiger partial charge < -0.3 is 15.1 Å². The van der Waals surface area contributed by atoms with Crippen molar-refractivity contribution >= 4 is 29.1 Å². The van der Waals surface area contributed by atoms with Gasteiger partial charge in [0.05, 0.1) is 36.9 Å². The minimum absolute atomic E-state index is 0.0641. The molecule has 0 unspecified atom stereocenters. The highest BCUT2D eigenvalue weighted by Crippen LogP contribution is 2.22. The molecule has 2 rings (SSSR count). The Hall–Kier alpha value is -1.66. The summed E-state index contributed by atoms with van der Waals surface area (Å²) in [7, 11) is 0. The molecule has 1 atom stereocenters. The predicted molar refractivity (Wildman–Crippen MR) is 82.5 cm³/mol. The van der Waals surface area contributed by atoms with Crippen LogP contribution in [0.25, 0.3) is 0 Å². The van der Waals surface area contributed by atoms with Gasteiger partial charge in [0, 0.05) is 6.92 Å². The van der Waals surface area contributed by atoms with Crippen LogP contribution in [-0.2, 0) is 9.59 Å². The maximum absolute atomic E-state index is 13.0. The molecule has 120 valence electrons. The molecule has 22 heavy (non-hydrogen) atoms. The lowest BCUT2D eigenvalue weighted by atomic mass is 10.2. The lowest BCUT2D eigenvalue weighted by Gasteiger charge is -2.34. The van der Waals surface area contributed by atoms with Gasteiger partial charge in [-0.1, -0.05) is 11.6 Å². The minimum Gasteiger partial charge on any atom is -0.332 e. The Bertz CT molecular complexity index is 574. The summed E-state index contributed by atoms with van der Waals surface area (Å²) in [4.78, 5) is 26.5. The number of hydrogen-bond donors (Lipinski definition) is 2. The van der Waals surface area contributed by atoms with Crippen LogP contribution in [0.5, 0.6) is 0 Å². The average Bonchev–Trinajstić information content (AvgIpc) is 2.49. The van der Waals surface area contributed by atoms with Crippen molar-refractivity contribution in [2.75, 3.05) is 31.5 Å². The maximum Gasteiger partial charge on any atom is 0.282 e. The van der Waals surface area contributed by atoms with E-state index >= 15 is 0 Å². The Kier molecular flexibility index (Phi) is 5.37. The van der Waals surface area contributed by atoms with E-state index in [-0.39, 0.29) is 22.9 Å². The number of carbonyl (C=O) groups excluding carboxylic acids is 2. The van der Waals surface area contributed by atoms with Gasteiger partial charge in [-0.25, -0.2) is 4.39 Å². The molecule has 2 N–H and O–H groups in total. The molecule has 1 saturated heterocycles. The second-order valence-electron chi connectivity index (χ2n) is 5.50. The van der Waals surface area contributed by atoms with Crippen molar-refractivity contribution in [1.82, 2.24) is 4.90 Å². The summed E-state index contributed by atoms with van der Waals surface area (Å²) in [6.07, 6.45) is 0. The van der Waals surface area contributed by atoms with Gasteiger partial charge in [0.2, 0.25) is 5.91 Å². The summed E-state index contributed by atoms with van der Waals surface area (Å²) < 4.78 is 13.0. The maximum atomic E-state index is 13.0. The molecule has 1 fully saturated rings. The number of quaternary nitrogens is 1. The van der Waals surface area contributed by atoms with E-state index in [2.05, 4.69) is 5.32 Å². The van der Waals surface area contributed by atoms with Crippen LogP contribution in [0.4, 0.5) is 10.1 Å². The second kappa shape index (κ2) is 7.07. The van der Waals surface area contributed by atoms with Gasteiger partial charge in [0.1, 0.15) is 5.82 Å². The minimum atomic E-state index is -0.443. The summed E-state index contributed by atoms with van der Waals surface area (Å²) >= 11 is 5.91. The second-order valence-corrected chi connectivity index (χ2v) is 5.91. The number of piperazine rings is 1. The van der Waals surface area contributed by atoms with Crippen LogP contribution in [0.1, 0.15) is 13.8 Å². The first-order valence-electron chi connectivity index (χ1n) is 7.24. The Morgan fingerprint density at radius 3 is 2.55 bits per heavy atom. The van der Waals surface area contributed by atoms with E-state index in [4.69, 9.17) is 11.6 Å². The summed E-state index contributed by atoms with van der Waals surface area (Å²) in [6.45, 7) is 6.15. The van der Waals surface area contributed by atoms with E-state index in [1.807, 2.05) is 6.92 Å². The van der Waals surface area contributed by atoms with Crippen molar-refractivity contribution in [3.63, 3.8) is 0 Å². The molecule has 1 aromatic carbocycles. The van der Waals surface area contributed by atoms with Gasteiger partial charge in [0.25, 0.3) is 5.91 Å². The van der Waals surface area contributed by atoms with Crippen molar-refractivity contribution in [1.29, 1.82) is 0 Å². The third-order valence-electron chi connectivity index (χ3n) is 4.05. The predicted octanol–water partition coefficient (Wildman–Crippen LogP) is 0.553. The van der Waals surface area contributed by atoms with Crippen molar-refractivity contribution in [2.45, 2.75) is 19.9 Å². The molecule has 1 aliphatic rings. The quantitative estimate of drug-likeness (QED) is 0.851. The fourth-order valence-electron chi connectivity index (χ4n) is 2.56. The van der Waals surface area contributed by atoms with Crippen molar-refractivity contribution in [2.24, 2.45) is 0 Å². The van der Waals surface area contributed by atoms with Crippen LogP contribution < -0.4 is 10.2 Å². The molecule has 1 heterocycles. The van der Waals surface area contributed by atoms with Gasteiger partial charge in [-0.3, -0.25) is 9.59 Å². The van der Waals surface area contributed by atoms with Gasteiger partial charge in [-0.15, -0.1) is 0 Å². The molecule has 7 heteroatoms.